The van der Waals surface area contributed by atoms with Crippen molar-refractivity contribution in [2.75, 3.05) is 19.1 Å². The number of nitrogens with one attached hydrogen (secondary N) is 1. The maximum atomic E-state index is 14.2. The molecule has 3 rings (SSSR count). The van der Waals surface area contributed by atoms with Crippen molar-refractivity contribution in [3.8, 4) is 0 Å². The third kappa shape index (κ3) is 4.84. The van der Waals surface area contributed by atoms with Crippen molar-refractivity contribution >= 4 is 21.6 Å². The highest BCUT2D eigenvalue weighted by Crippen LogP contribution is 2.20. The predicted octanol–water partition coefficient (Wildman–Crippen LogP) is 3.43. The molecule has 0 aliphatic heterocycles. The Hall–Kier alpha value is -3.23. The molecule has 8 heteroatoms. The number of amides is 1. The molecule has 3 aromatic rings. The molecule has 0 aromatic heterocycles. The lowest BCUT2D eigenvalue weighted by atomic mass is 10.2. The molecule has 0 bridgehead atoms. The van der Waals surface area contributed by atoms with Crippen molar-refractivity contribution in [3.63, 3.8) is 0 Å². The molecule has 1 amide bonds. The Bertz CT molecular complexity index is 1120. The molecule has 0 heterocycles. The molecular weight excluding hydrogens is 405 g/mol. The van der Waals surface area contributed by atoms with Gasteiger partial charge in [0.2, 0.25) is 10.0 Å². The summed E-state index contributed by atoms with van der Waals surface area (Å²) in [5, 5.41) is 1.65. The fourth-order valence-electron chi connectivity index (χ4n) is 2.80. The Balaban J connectivity index is 1.91. The van der Waals surface area contributed by atoms with Gasteiger partial charge in [-0.3, -0.25) is 15.2 Å². The minimum absolute atomic E-state index is 0.0332. The van der Waals surface area contributed by atoms with E-state index in [2.05, 4.69) is 5.43 Å². The van der Waals surface area contributed by atoms with Gasteiger partial charge in [0, 0.05) is 19.7 Å². The number of carbonyl (C=O) groups is 1. The van der Waals surface area contributed by atoms with Crippen molar-refractivity contribution in [1.29, 1.82) is 0 Å². The summed E-state index contributed by atoms with van der Waals surface area (Å²) < 4.78 is 39.8. The Morgan fingerprint density at radius 3 is 2.13 bits per heavy atom. The van der Waals surface area contributed by atoms with Crippen molar-refractivity contribution in [2.45, 2.75) is 11.4 Å². The van der Waals surface area contributed by atoms with Gasteiger partial charge in [-0.1, -0.05) is 48.5 Å². The number of rotatable bonds is 7. The third-order valence-electron chi connectivity index (χ3n) is 4.44. The van der Waals surface area contributed by atoms with E-state index in [-0.39, 0.29) is 5.56 Å². The number of sulfonamides is 1. The average Bonchev–Trinajstić information content (AvgIpc) is 2.74. The second-order valence-electron chi connectivity index (χ2n) is 6.78. The van der Waals surface area contributed by atoms with Crippen LogP contribution < -0.4 is 10.4 Å². The van der Waals surface area contributed by atoms with Crippen molar-refractivity contribution in [2.24, 2.45) is 0 Å². The molecule has 0 spiro atoms. The molecule has 1 N–H and O–H groups in total. The van der Waals surface area contributed by atoms with E-state index < -0.39 is 26.6 Å². The number of carbonyl (C=O) groups excluding carboxylic acids is 1. The van der Waals surface area contributed by atoms with Gasteiger partial charge in [0.15, 0.2) is 0 Å². The molecule has 156 valence electrons. The highest BCUT2D eigenvalue weighted by Gasteiger charge is 2.24. The zero-order chi connectivity index (χ0) is 21.7. The second-order valence-corrected chi connectivity index (χ2v) is 8.90. The SMILES string of the molecule is CN(C)S(=O)(=O)c1cc(C(=O)NN(Cc2ccccc2)c2ccccc2)ccc1F. The predicted molar refractivity (Wildman–Crippen MR) is 114 cm³/mol. The van der Waals surface area contributed by atoms with Gasteiger partial charge in [0.25, 0.3) is 5.91 Å². The van der Waals surface area contributed by atoms with E-state index in [4.69, 9.17) is 0 Å². The Morgan fingerprint density at radius 2 is 1.53 bits per heavy atom. The average molecular weight is 428 g/mol. The van der Waals surface area contributed by atoms with Gasteiger partial charge in [-0.15, -0.1) is 0 Å². The quantitative estimate of drug-likeness (QED) is 0.587. The number of para-hydroxylation sites is 1. The lowest BCUT2D eigenvalue weighted by Crippen LogP contribution is -2.42. The normalized spacial score (nSPS) is 11.3. The van der Waals surface area contributed by atoms with E-state index in [1.165, 1.54) is 20.2 Å². The van der Waals surface area contributed by atoms with E-state index >= 15 is 0 Å². The van der Waals surface area contributed by atoms with E-state index in [0.29, 0.717) is 6.54 Å². The number of hydrogen-bond donors (Lipinski definition) is 1. The molecule has 0 atom stereocenters. The third-order valence-corrected chi connectivity index (χ3v) is 6.27. The van der Waals surface area contributed by atoms with Crippen molar-refractivity contribution in [3.05, 3.63) is 95.8 Å². The summed E-state index contributed by atoms with van der Waals surface area (Å²) in [5.41, 5.74) is 4.54. The van der Waals surface area contributed by atoms with Crippen LogP contribution in [0.25, 0.3) is 0 Å². The van der Waals surface area contributed by atoms with Gasteiger partial charge in [-0.2, -0.15) is 0 Å². The van der Waals surface area contributed by atoms with Crippen LogP contribution in [0.4, 0.5) is 10.1 Å². The van der Waals surface area contributed by atoms with Crippen molar-refractivity contribution < 1.29 is 17.6 Å². The largest absolute Gasteiger partial charge is 0.281 e. The summed E-state index contributed by atoms with van der Waals surface area (Å²) in [6.45, 7) is 0.390. The lowest BCUT2D eigenvalue weighted by Gasteiger charge is -2.26. The second kappa shape index (κ2) is 9.06. The zero-order valence-corrected chi connectivity index (χ0v) is 17.4. The molecule has 6 nitrogen and oxygen atoms in total. The van der Waals surface area contributed by atoms with Crippen LogP contribution in [0.1, 0.15) is 15.9 Å². The Kier molecular flexibility index (Phi) is 6.49. The Morgan fingerprint density at radius 1 is 0.933 bits per heavy atom. The molecule has 0 aliphatic carbocycles. The first kappa shape index (κ1) is 21.5. The minimum Gasteiger partial charge on any atom is -0.281 e. The van der Waals surface area contributed by atoms with Crippen LogP contribution in [0.3, 0.4) is 0 Å². The van der Waals surface area contributed by atoms with Gasteiger partial charge >= 0.3 is 0 Å². The fraction of sp³-hybridized carbons (Fsp3) is 0.136. The van der Waals surface area contributed by atoms with Crippen molar-refractivity contribution in [1.82, 2.24) is 9.73 Å². The van der Waals surface area contributed by atoms with E-state index in [1.807, 2.05) is 60.7 Å². The lowest BCUT2D eigenvalue weighted by molar-refractivity contribution is 0.0948. The van der Waals surface area contributed by atoms with Gasteiger partial charge in [0.1, 0.15) is 10.7 Å². The van der Waals surface area contributed by atoms with Crippen LogP contribution in [-0.2, 0) is 16.6 Å². The van der Waals surface area contributed by atoms with Crippen LogP contribution in [0, 0.1) is 5.82 Å². The smallest absolute Gasteiger partial charge is 0.269 e. The molecule has 0 saturated carbocycles. The number of anilines is 1. The zero-order valence-electron chi connectivity index (χ0n) is 16.6. The monoisotopic (exact) mass is 427 g/mol. The molecule has 30 heavy (non-hydrogen) atoms. The van der Waals surface area contributed by atoms with E-state index in [1.54, 1.807) is 5.01 Å². The molecule has 0 saturated heterocycles. The summed E-state index contributed by atoms with van der Waals surface area (Å²) in [6, 6.07) is 22.1. The summed E-state index contributed by atoms with van der Waals surface area (Å²) in [7, 11) is -1.42. The van der Waals surface area contributed by atoms with E-state index in [9.17, 15) is 17.6 Å². The molecule has 0 radical (unpaired) electrons. The summed E-state index contributed by atoms with van der Waals surface area (Å²) in [4.78, 5) is 12.3. The summed E-state index contributed by atoms with van der Waals surface area (Å²) in [5.74, 6) is -1.46. The topological polar surface area (TPSA) is 69.7 Å². The molecule has 0 unspecified atom stereocenters. The van der Waals surface area contributed by atoms with Gasteiger partial charge < -0.3 is 0 Å². The van der Waals surface area contributed by atoms with Crippen LogP contribution in [0.15, 0.2) is 83.8 Å². The van der Waals surface area contributed by atoms with Crippen LogP contribution in [0.5, 0.6) is 0 Å². The highest BCUT2D eigenvalue weighted by atomic mass is 32.2. The Labute approximate surface area is 175 Å². The molecular formula is C22H22FN3O3S. The minimum atomic E-state index is -4.03. The first-order chi connectivity index (χ1) is 14.3. The summed E-state index contributed by atoms with van der Waals surface area (Å²) in [6.07, 6.45) is 0. The molecule has 0 aliphatic rings. The van der Waals surface area contributed by atoms with Gasteiger partial charge in [-0.05, 0) is 35.9 Å². The first-order valence-electron chi connectivity index (χ1n) is 9.18. The standard InChI is InChI=1S/C22H22FN3O3S/c1-25(2)30(28,29)21-15-18(13-14-20(21)23)22(27)24-26(19-11-7-4-8-12-19)16-17-9-5-3-6-10-17/h3-15H,16H2,1-2H3,(H,24,27). The highest BCUT2D eigenvalue weighted by molar-refractivity contribution is 7.89. The first-order valence-corrected chi connectivity index (χ1v) is 10.6. The maximum absolute atomic E-state index is 14.2. The molecule has 0 fully saturated rings. The fourth-order valence-corrected chi connectivity index (χ4v) is 3.78. The van der Waals surface area contributed by atoms with Crippen LogP contribution >= 0.6 is 0 Å². The number of hydrogen-bond acceptors (Lipinski definition) is 4. The van der Waals surface area contributed by atoms with E-state index in [0.717, 1.165) is 27.7 Å². The number of halogens is 1. The number of hydrazine groups is 1. The van der Waals surface area contributed by atoms with Crippen LogP contribution in [-0.4, -0.2) is 32.7 Å². The van der Waals surface area contributed by atoms with Gasteiger partial charge in [-0.25, -0.2) is 17.1 Å². The molecule has 3 aromatic carbocycles. The van der Waals surface area contributed by atoms with Crippen LogP contribution in [0.2, 0.25) is 0 Å². The van der Waals surface area contributed by atoms with Gasteiger partial charge in [0.05, 0.1) is 12.2 Å². The summed E-state index contributed by atoms with van der Waals surface area (Å²) >= 11 is 0. The number of benzene rings is 3. The maximum Gasteiger partial charge on any atom is 0.269 e. The number of nitrogens with zero attached hydrogens (tertiary/aromatic N) is 2.